The minimum atomic E-state index is -1.15. The molecule has 0 radical (unpaired) electrons. The van der Waals surface area contributed by atoms with Crippen LogP contribution in [0.5, 0.6) is 0 Å². The second-order valence-electron chi connectivity index (χ2n) is 4.71. The molecular weight excluding hydrogens is 289 g/mol. The molecule has 3 rings (SSSR count). The third kappa shape index (κ3) is 2.68. The number of aliphatic hydroxyl groups is 1. The Labute approximate surface area is 125 Å². The van der Waals surface area contributed by atoms with Crippen LogP contribution < -0.4 is 0 Å². The van der Waals surface area contributed by atoms with Crippen LogP contribution in [0, 0.1) is 5.95 Å². The molecule has 0 aliphatic rings. The Morgan fingerprint density at radius 2 is 1.86 bits per heavy atom. The van der Waals surface area contributed by atoms with Crippen molar-refractivity contribution >= 4 is 11.3 Å². The molecule has 0 aromatic carbocycles. The smallest absolute Gasteiger partial charge is 0.212 e. The van der Waals surface area contributed by atoms with Crippen molar-refractivity contribution in [2.75, 3.05) is 0 Å². The van der Waals surface area contributed by atoms with Crippen LogP contribution in [0.4, 0.5) is 4.39 Å². The van der Waals surface area contributed by atoms with Crippen molar-refractivity contribution < 1.29 is 9.50 Å². The molecule has 4 nitrogen and oxygen atoms in total. The van der Waals surface area contributed by atoms with E-state index in [0.717, 1.165) is 11.1 Å². The fourth-order valence-electron chi connectivity index (χ4n) is 1.95. The number of halogens is 1. The van der Waals surface area contributed by atoms with Gasteiger partial charge < -0.3 is 5.11 Å². The molecule has 3 aromatic heterocycles. The summed E-state index contributed by atoms with van der Waals surface area (Å²) in [6.07, 6.45) is 6.33. The summed E-state index contributed by atoms with van der Waals surface area (Å²) in [4.78, 5) is 12.6. The van der Waals surface area contributed by atoms with Crippen LogP contribution in [-0.4, -0.2) is 20.1 Å². The number of rotatable bonds is 3. The van der Waals surface area contributed by atoms with Crippen LogP contribution in [0.15, 0.2) is 49.1 Å². The predicted octanol–water partition coefficient (Wildman–Crippen LogP) is 3.00. The second kappa shape index (κ2) is 5.31. The molecule has 0 saturated heterocycles. The van der Waals surface area contributed by atoms with Crippen molar-refractivity contribution in [3.05, 3.63) is 65.4 Å². The van der Waals surface area contributed by atoms with E-state index in [1.807, 2.05) is 0 Å². The van der Waals surface area contributed by atoms with E-state index in [2.05, 4.69) is 15.0 Å². The summed E-state index contributed by atoms with van der Waals surface area (Å²) < 4.78 is 12.8. The summed E-state index contributed by atoms with van der Waals surface area (Å²) in [6.45, 7) is 1.71. The standard InChI is InChI=1S/C15H12FN3OS/c1-15(20,11-4-6-17-7-5-11)12-9-19-14(21-12)10-2-3-13(16)18-8-10/h2-9,20H,1H3. The van der Waals surface area contributed by atoms with Gasteiger partial charge in [-0.3, -0.25) is 4.98 Å². The van der Waals surface area contributed by atoms with Crippen molar-refractivity contribution in [1.29, 1.82) is 0 Å². The zero-order valence-corrected chi connectivity index (χ0v) is 12.0. The molecule has 3 aromatic rings. The first-order chi connectivity index (χ1) is 10.1. The fraction of sp³-hybridized carbons (Fsp3) is 0.133. The van der Waals surface area contributed by atoms with E-state index >= 15 is 0 Å². The van der Waals surface area contributed by atoms with Gasteiger partial charge in [0.1, 0.15) is 10.6 Å². The first kappa shape index (κ1) is 13.8. The zero-order chi connectivity index (χ0) is 14.9. The molecular formula is C15H12FN3OS. The lowest BCUT2D eigenvalue weighted by molar-refractivity contribution is 0.106. The molecule has 1 atom stereocenters. The lowest BCUT2D eigenvalue weighted by Gasteiger charge is -2.21. The van der Waals surface area contributed by atoms with Crippen LogP contribution in [0.1, 0.15) is 17.4 Å². The molecule has 6 heteroatoms. The topological polar surface area (TPSA) is 58.9 Å². The molecule has 21 heavy (non-hydrogen) atoms. The molecule has 0 aliphatic heterocycles. The summed E-state index contributed by atoms with van der Waals surface area (Å²) in [7, 11) is 0. The van der Waals surface area contributed by atoms with Crippen LogP contribution in [0.25, 0.3) is 10.6 Å². The third-order valence-electron chi connectivity index (χ3n) is 3.20. The summed E-state index contributed by atoms with van der Waals surface area (Å²) in [5, 5.41) is 11.4. The monoisotopic (exact) mass is 301 g/mol. The largest absolute Gasteiger partial charge is 0.380 e. The van der Waals surface area contributed by atoms with E-state index in [-0.39, 0.29) is 0 Å². The van der Waals surface area contributed by atoms with E-state index in [4.69, 9.17) is 0 Å². The highest BCUT2D eigenvalue weighted by molar-refractivity contribution is 7.15. The summed E-state index contributed by atoms with van der Waals surface area (Å²) in [5.41, 5.74) is 0.315. The van der Waals surface area contributed by atoms with E-state index in [9.17, 15) is 9.50 Å². The number of nitrogens with zero attached hydrogens (tertiary/aromatic N) is 3. The molecule has 1 N–H and O–H groups in total. The predicted molar refractivity (Wildman–Crippen MR) is 78.2 cm³/mol. The molecule has 106 valence electrons. The Morgan fingerprint density at radius 1 is 1.10 bits per heavy atom. The quantitative estimate of drug-likeness (QED) is 0.756. The average Bonchev–Trinajstić information content (AvgIpc) is 2.99. The highest BCUT2D eigenvalue weighted by Crippen LogP contribution is 2.35. The Kier molecular flexibility index (Phi) is 3.48. The van der Waals surface area contributed by atoms with Gasteiger partial charge in [0.25, 0.3) is 0 Å². The van der Waals surface area contributed by atoms with Gasteiger partial charge in [0, 0.05) is 30.4 Å². The normalized spacial score (nSPS) is 13.9. The van der Waals surface area contributed by atoms with Gasteiger partial charge in [0.05, 0.1) is 4.88 Å². The van der Waals surface area contributed by atoms with Crippen LogP contribution in [0.2, 0.25) is 0 Å². The van der Waals surface area contributed by atoms with E-state index in [1.165, 1.54) is 23.6 Å². The van der Waals surface area contributed by atoms with Crippen LogP contribution in [0.3, 0.4) is 0 Å². The molecule has 0 amide bonds. The van der Waals surface area contributed by atoms with E-state index in [0.29, 0.717) is 9.88 Å². The van der Waals surface area contributed by atoms with Gasteiger partial charge in [-0.05, 0) is 36.8 Å². The Balaban J connectivity index is 1.96. The van der Waals surface area contributed by atoms with Crippen LogP contribution >= 0.6 is 11.3 Å². The molecule has 1 unspecified atom stereocenters. The zero-order valence-electron chi connectivity index (χ0n) is 11.2. The SMILES string of the molecule is CC(O)(c1ccncc1)c1cnc(-c2ccc(F)nc2)s1. The lowest BCUT2D eigenvalue weighted by Crippen LogP contribution is -2.21. The number of aromatic nitrogens is 3. The van der Waals surface area contributed by atoms with Crippen LogP contribution in [-0.2, 0) is 5.60 Å². The number of hydrogen-bond donors (Lipinski definition) is 1. The van der Waals surface area contributed by atoms with Gasteiger partial charge in [-0.15, -0.1) is 11.3 Å². The number of thiazole rings is 1. The number of hydrogen-bond acceptors (Lipinski definition) is 5. The van der Waals surface area contributed by atoms with Gasteiger partial charge in [0.15, 0.2) is 0 Å². The summed E-state index contributed by atoms with van der Waals surface area (Å²) in [6, 6.07) is 6.43. The highest BCUT2D eigenvalue weighted by Gasteiger charge is 2.28. The first-order valence-corrected chi connectivity index (χ1v) is 7.10. The Hall–Kier alpha value is -2.18. The van der Waals surface area contributed by atoms with Gasteiger partial charge in [-0.2, -0.15) is 4.39 Å². The Bertz CT molecular complexity index is 741. The third-order valence-corrected chi connectivity index (χ3v) is 4.46. The van der Waals surface area contributed by atoms with Gasteiger partial charge in [0.2, 0.25) is 5.95 Å². The second-order valence-corrected chi connectivity index (χ2v) is 5.74. The minimum absolute atomic E-state index is 0.528. The number of pyridine rings is 2. The molecule has 0 fully saturated rings. The minimum Gasteiger partial charge on any atom is -0.380 e. The summed E-state index contributed by atoms with van der Waals surface area (Å²) in [5.74, 6) is -0.528. The highest BCUT2D eigenvalue weighted by atomic mass is 32.1. The maximum absolute atomic E-state index is 12.8. The average molecular weight is 301 g/mol. The molecule has 0 saturated carbocycles. The lowest BCUT2D eigenvalue weighted by atomic mass is 9.96. The van der Waals surface area contributed by atoms with E-state index in [1.54, 1.807) is 43.7 Å². The maximum atomic E-state index is 12.8. The maximum Gasteiger partial charge on any atom is 0.212 e. The van der Waals surface area contributed by atoms with Crippen molar-refractivity contribution in [3.63, 3.8) is 0 Å². The Morgan fingerprint density at radius 3 is 2.52 bits per heavy atom. The molecule has 0 spiro atoms. The van der Waals surface area contributed by atoms with E-state index < -0.39 is 11.5 Å². The van der Waals surface area contributed by atoms with Gasteiger partial charge in [-0.25, -0.2) is 9.97 Å². The fourth-order valence-corrected chi connectivity index (χ4v) is 2.93. The van der Waals surface area contributed by atoms with Gasteiger partial charge >= 0.3 is 0 Å². The first-order valence-electron chi connectivity index (χ1n) is 6.28. The molecule has 0 aliphatic carbocycles. The molecule has 0 bridgehead atoms. The van der Waals surface area contributed by atoms with Crippen molar-refractivity contribution in [3.8, 4) is 10.6 Å². The molecule has 3 heterocycles. The van der Waals surface area contributed by atoms with Crippen molar-refractivity contribution in [2.45, 2.75) is 12.5 Å². The summed E-state index contributed by atoms with van der Waals surface area (Å²) >= 11 is 1.35. The van der Waals surface area contributed by atoms with Crippen molar-refractivity contribution in [1.82, 2.24) is 15.0 Å². The van der Waals surface area contributed by atoms with Crippen molar-refractivity contribution in [2.24, 2.45) is 0 Å². The van der Waals surface area contributed by atoms with Gasteiger partial charge in [-0.1, -0.05) is 0 Å².